The van der Waals surface area contributed by atoms with Gasteiger partial charge in [-0.3, -0.25) is 4.90 Å². The van der Waals surface area contributed by atoms with Gasteiger partial charge in [0.2, 0.25) is 0 Å². The molecule has 0 aromatic carbocycles. The third kappa shape index (κ3) is 2.60. The Balaban J connectivity index is 1.54. The Hall–Kier alpha value is -0.0800. The molecule has 1 aliphatic carbocycles. The van der Waals surface area contributed by atoms with Crippen molar-refractivity contribution in [2.45, 2.75) is 52.5 Å². The summed E-state index contributed by atoms with van der Waals surface area (Å²) in [6.45, 7) is 11.3. The van der Waals surface area contributed by atoms with Crippen molar-refractivity contribution in [3.05, 3.63) is 0 Å². The predicted molar refractivity (Wildman–Crippen MR) is 67.6 cm³/mol. The normalized spacial score (nSPS) is 24.8. The van der Waals surface area contributed by atoms with Crippen molar-refractivity contribution in [3.63, 3.8) is 0 Å². The molecule has 0 bridgehead atoms. The van der Waals surface area contributed by atoms with E-state index in [4.69, 9.17) is 4.74 Å². The van der Waals surface area contributed by atoms with Crippen LogP contribution in [0.3, 0.4) is 0 Å². The smallest absolute Gasteiger partial charge is 0.0465 e. The number of ether oxygens (including phenoxy) is 1. The van der Waals surface area contributed by atoms with E-state index in [1.165, 1.54) is 38.8 Å². The van der Waals surface area contributed by atoms with Crippen LogP contribution in [-0.4, -0.2) is 37.2 Å². The van der Waals surface area contributed by atoms with E-state index >= 15 is 0 Å². The van der Waals surface area contributed by atoms with Crippen LogP contribution in [0.4, 0.5) is 0 Å². The highest BCUT2D eigenvalue weighted by atomic mass is 16.5. The van der Waals surface area contributed by atoms with E-state index in [1.807, 2.05) is 0 Å². The number of nitrogens with zero attached hydrogens (tertiary/aromatic N) is 1. The fourth-order valence-corrected chi connectivity index (χ4v) is 3.43. The highest BCUT2D eigenvalue weighted by Gasteiger charge is 2.51. The van der Waals surface area contributed by atoms with Crippen molar-refractivity contribution in [1.29, 1.82) is 0 Å². The van der Waals surface area contributed by atoms with Crippen LogP contribution < -0.4 is 0 Å². The Morgan fingerprint density at radius 3 is 2.56 bits per heavy atom. The lowest BCUT2D eigenvalue weighted by atomic mass is 9.56. The van der Waals surface area contributed by atoms with Gasteiger partial charge >= 0.3 is 0 Å². The zero-order chi connectivity index (χ0) is 11.6. The molecule has 0 aromatic rings. The van der Waals surface area contributed by atoms with Gasteiger partial charge in [-0.2, -0.15) is 0 Å². The van der Waals surface area contributed by atoms with Crippen molar-refractivity contribution in [1.82, 2.24) is 4.90 Å². The van der Waals surface area contributed by atoms with Gasteiger partial charge < -0.3 is 4.74 Å². The molecule has 2 rings (SSSR count). The molecule has 1 aliphatic heterocycles. The molecule has 0 atom stereocenters. The second kappa shape index (κ2) is 5.05. The molecule has 2 fully saturated rings. The summed E-state index contributed by atoms with van der Waals surface area (Å²) in [4.78, 5) is 2.61. The quantitative estimate of drug-likeness (QED) is 0.644. The number of hydrogen-bond acceptors (Lipinski definition) is 2. The van der Waals surface area contributed by atoms with Crippen LogP contribution in [0.5, 0.6) is 0 Å². The van der Waals surface area contributed by atoms with Crippen molar-refractivity contribution >= 4 is 0 Å². The standard InChI is InChI=1S/C14H27NO/c1-4-16-7-5-6-13-8-14(9-13)10-15(11-14)12(2)3/h12-13H,4-11H2,1-3H3. The summed E-state index contributed by atoms with van der Waals surface area (Å²) >= 11 is 0. The van der Waals surface area contributed by atoms with Gasteiger partial charge in [0.15, 0.2) is 0 Å². The van der Waals surface area contributed by atoms with Crippen molar-refractivity contribution in [2.24, 2.45) is 11.3 Å². The van der Waals surface area contributed by atoms with E-state index in [-0.39, 0.29) is 0 Å². The second-order valence-corrected chi connectivity index (χ2v) is 6.11. The largest absolute Gasteiger partial charge is 0.382 e. The highest BCUT2D eigenvalue weighted by Crippen LogP contribution is 2.53. The minimum atomic E-state index is 0.751. The highest BCUT2D eigenvalue weighted by molar-refractivity contribution is 5.04. The van der Waals surface area contributed by atoms with E-state index in [0.717, 1.165) is 30.6 Å². The van der Waals surface area contributed by atoms with Gasteiger partial charge in [0.05, 0.1) is 0 Å². The SMILES string of the molecule is CCOCCCC1CC2(C1)CN(C(C)C)C2. The average Bonchev–Trinajstić information content (AvgIpc) is 2.11. The molecule has 0 N–H and O–H groups in total. The summed E-state index contributed by atoms with van der Waals surface area (Å²) in [5.74, 6) is 1.01. The topological polar surface area (TPSA) is 12.5 Å². The first-order valence-corrected chi connectivity index (χ1v) is 6.97. The minimum Gasteiger partial charge on any atom is -0.382 e. The van der Waals surface area contributed by atoms with Gasteiger partial charge in [-0.05, 0) is 57.8 Å². The molecule has 0 amide bonds. The minimum absolute atomic E-state index is 0.751. The molecule has 2 aliphatic rings. The van der Waals surface area contributed by atoms with Gasteiger partial charge in [0.25, 0.3) is 0 Å². The van der Waals surface area contributed by atoms with Crippen molar-refractivity contribution in [3.8, 4) is 0 Å². The molecule has 16 heavy (non-hydrogen) atoms. The lowest BCUT2D eigenvalue weighted by molar-refractivity contribution is -0.110. The summed E-state index contributed by atoms with van der Waals surface area (Å²) in [6, 6.07) is 0.752. The first-order valence-electron chi connectivity index (χ1n) is 6.97. The van der Waals surface area contributed by atoms with Gasteiger partial charge in [-0.15, -0.1) is 0 Å². The Labute approximate surface area is 100 Å². The van der Waals surface area contributed by atoms with E-state index in [0.29, 0.717) is 0 Å². The molecule has 94 valence electrons. The van der Waals surface area contributed by atoms with Crippen LogP contribution in [0.1, 0.15) is 46.5 Å². The fourth-order valence-electron chi connectivity index (χ4n) is 3.43. The number of hydrogen-bond donors (Lipinski definition) is 0. The third-order valence-electron chi connectivity index (χ3n) is 4.36. The maximum absolute atomic E-state index is 5.39. The zero-order valence-electron chi connectivity index (χ0n) is 11.2. The van der Waals surface area contributed by atoms with Crippen molar-refractivity contribution < 1.29 is 4.74 Å². The van der Waals surface area contributed by atoms with Crippen LogP contribution >= 0.6 is 0 Å². The Morgan fingerprint density at radius 2 is 2.00 bits per heavy atom. The molecular weight excluding hydrogens is 198 g/mol. The monoisotopic (exact) mass is 225 g/mol. The molecule has 1 saturated heterocycles. The lowest BCUT2D eigenvalue weighted by Gasteiger charge is -2.60. The number of rotatable bonds is 6. The molecule has 1 saturated carbocycles. The summed E-state index contributed by atoms with van der Waals surface area (Å²) in [6.07, 6.45) is 5.64. The van der Waals surface area contributed by atoms with Crippen LogP contribution in [-0.2, 0) is 4.74 Å². The lowest BCUT2D eigenvalue weighted by Crippen LogP contribution is -2.63. The zero-order valence-corrected chi connectivity index (χ0v) is 11.2. The first kappa shape index (κ1) is 12.4. The predicted octanol–water partition coefficient (Wildman–Crippen LogP) is 2.92. The maximum atomic E-state index is 5.39. The van der Waals surface area contributed by atoms with Crippen molar-refractivity contribution in [2.75, 3.05) is 26.3 Å². The Bertz CT molecular complexity index is 213. The maximum Gasteiger partial charge on any atom is 0.0465 e. The molecule has 1 heterocycles. The van der Waals surface area contributed by atoms with E-state index in [9.17, 15) is 0 Å². The summed E-state index contributed by atoms with van der Waals surface area (Å²) in [5.41, 5.74) is 0.751. The summed E-state index contributed by atoms with van der Waals surface area (Å²) in [5, 5.41) is 0. The van der Waals surface area contributed by atoms with Gasteiger partial charge in [0.1, 0.15) is 0 Å². The average molecular weight is 225 g/mol. The molecule has 0 radical (unpaired) electrons. The Morgan fingerprint density at radius 1 is 1.31 bits per heavy atom. The van der Waals surface area contributed by atoms with Gasteiger partial charge in [0, 0.05) is 32.3 Å². The van der Waals surface area contributed by atoms with E-state index in [2.05, 4.69) is 25.7 Å². The van der Waals surface area contributed by atoms with Gasteiger partial charge in [-0.25, -0.2) is 0 Å². The first-order chi connectivity index (χ1) is 7.65. The molecule has 1 spiro atoms. The molecule has 2 heteroatoms. The van der Waals surface area contributed by atoms with Gasteiger partial charge in [-0.1, -0.05) is 0 Å². The van der Waals surface area contributed by atoms with Crippen LogP contribution in [0.2, 0.25) is 0 Å². The summed E-state index contributed by atoms with van der Waals surface area (Å²) < 4.78 is 5.39. The summed E-state index contributed by atoms with van der Waals surface area (Å²) in [7, 11) is 0. The molecule has 2 nitrogen and oxygen atoms in total. The molecule has 0 unspecified atom stereocenters. The molecular formula is C14H27NO. The van der Waals surface area contributed by atoms with Crippen LogP contribution in [0.25, 0.3) is 0 Å². The Kier molecular flexibility index (Phi) is 3.91. The fraction of sp³-hybridized carbons (Fsp3) is 1.00. The number of likely N-dealkylation sites (tertiary alicyclic amines) is 1. The third-order valence-corrected chi connectivity index (χ3v) is 4.36. The van der Waals surface area contributed by atoms with Crippen LogP contribution in [0.15, 0.2) is 0 Å². The molecule has 0 aromatic heterocycles. The van der Waals surface area contributed by atoms with E-state index in [1.54, 1.807) is 0 Å². The second-order valence-electron chi connectivity index (χ2n) is 6.11. The van der Waals surface area contributed by atoms with E-state index < -0.39 is 0 Å². The van der Waals surface area contributed by atoms with Crippen LogP contribution in [0, 0.1) is 11.3 Å².